The van der Waals surface area contributed by atoms with Gasteiger partial charge in [-0.3, -0.25) is 14.3 Å². The smallest absolute Gasteiger partial charge is 0.323 e. The number of alkyl halides is 3. The topological polar surface area (TPSA) is 101 Å². The highest BCUT2D eigenvalue weighted by Crippen LogP contribution is 2.33. The van der Waals surface area contributed by atoms with E-state index in [-0.39, 0.29) is 29.7 Å². The molecule has 2 aromatic heterocycles. The molecule has 5 rings (SSSR count). The van der Waals surface area contributed by atoms with E-state index >= 15 is 0 Å². The maximum Gasteiger partial charge on any atom is 0.416 e. The van der Waals surface area contributed by atoms with Crippen molar-refractivity contribution in [3.8, 4) is 5.69 Å². The zero-order valence-corrected chi connectivity index (χ0v) is 18.5. The summed E-state index contributed by atoms with van der Waals surface area (Å²) in [5.74, 6) is -0.437. The van der Waals surface area contributed by atoms with Crippen LogP contribution in [0.2, 0.25) is 0 Å². The summed E-state index contributed by atoms with van der Waals surface area (Å²) in [7, 11) is 0. The molecule has 0 unspecified atom stereocenters. The van der Waals surface area contributed by atoms with E-state index in [0.29, 0.717) is 25.9 Å². The number of rotatable bonds is 5. The number of carbonyl (C=O) groups is 1. The van der Waals surface area contributed by atoms with Gasteiger partial charge in [-0.15, -0.1) is 0 Å². The molecule has 1 saturated heterocycles. The number of H-pyrrole nitrogens is 1. The van der Waals surface area contributed by atoms with Gasteiger partial charge in [-0.2, -0.15) is 18.3 Å². The molecule has 0 atom stereocenters. The molecule has 2 N–H and O–H groups in total. The fourth-order valence-corrected chi connectivity index (χ4v) is 4.51. The summed E-state index contributed by atoms with van der Waals surface area (Å²) < 4.78 is 42.8. The summed E-state index contributed by atoms with van der Waals surface area (Å²) in [6.07, 6.45) is -0.615. The van der Waals surface area contributed by atoms with Crippen LogP contribution in [0.1, 0.15) is 24.4 Å². The van der Waals surface area contributed by atoms with E-state index in [1.54, 1.807) is 4.57 Å². The third-order valence-corrected chi connectivity index (χ3v) is 6.18. The van der Waals surface area contributed by atoms with Crippen LogP contribution in [-0.4, -0.2) is 54.8 Å². The van der Waals surface area contributed by atoms with Gasteiger partial charge < -0.3 is 10.3 Å². The van der Waals surface area contributed by atoms with Crippen LogP contribution < -0.4 is 11.0 Å². The predicted molar refractivity (Wildman–Crippen MR) is 122 cm³/mol. The number of piperidine rings is 1. The first kappa shape index (κ1) is 22.8. The molecule has 9 nitrogen and oxygen atoms in total. The Kier molecular flexibility index (Phi) is 5.89. The number of anilines is 1. The SMILES string of the molecule is O=C(CN1CCC(n2c(=O)[nH]c3ccccc32)CC1)Nc1cc(C(F)(F)F)ccc1-n1cncn1. The molecule has 0 radical (unpaired) electrons. The third kappa shape index (κ3) is 4.69. The van der Waals surface area contributed by atoms with Crippen LogP contribution in [0.25, 0.3) is 16.7 Å². The van der Waals surface area contributed by atoms with Gasteiger partial charge in [0, 0.05) is 19.1 Å². The molecule has 0 bridgehead atoms. The van der Waals surface area contributed by atoms with Crippen molar-refractivity contribution in [3.05, 3.63) is 71.2 Å². The van der Waals surface area contributed by atoms with Crippen molar-refractivity contribution in [3.63, 3.8) is 0 Å². The second kappa shape index (κ2) is 9.02. The van der Waals surface area contributed by atoms with E-state index in [1.807, 2.05) is 29.2 Å². The number of nitrogens with zero attached hydrogens (tertiary/aromatic N) is 5. The number of carbonyl (C=O) groups excluding carboxylic acids is 1. The van der Waals surface area contributed by atoms with Crippen molar-refractivity contribution in [2.45, 2.75) is 25.1 Å². The highest BCUT2D eigenvalue weighted by molar-refractivity contribution is 5.94. The molecular formula is C23H22F3N7O2. The Morgan fingerprint density at radius 2 is 1.91 bits per heavy atom. The summed E-state index contributed by atoms with van der Waals surface area (Å²) in [6.45, 7) is 1.16. The number of para-hydroxylation sites is 2. The van der Waals surface area contributed by atoms with Crippen molar-refractivity contribution in [1.29, 1.82) is 0 Å². The fraction of sp³-hybridized carbons (Fsp3) is 0.304. The molecule has 0 saturated carbocycles. The molecule has 12 heteroatoms. The lowest BCUT2D eigenvalue weighted by atomic mass is 10.0. The van der Waals surface area contributed by atoms with Gasteiger partial charge in [-0.1, -0.05) is 12.1 Å². The Hall–Kier alpha value is -3.93. The fourth-order valence-electron chi connectivity index (χ4n) is 4.51. The van der Waals surface area contributed by atoms with Crippen molar-refractivity contribution in [2.75, 3.05) is 25.0 Å². The van der Waals surface area contributed by atoms with E-state index < -0.39 is 17.6 Å². The number of likely N-dealkylation sites (tertiary alicyclic amines) is 1. The lowest BCUT2D eigenvalue weighted by Gasteiger charge is -2.32. The van der Waals surface area contributed by atoms with E-state index in [2.05, 4.69) is 20.4 Å². The number of aromatic nitrogens is 5. The third-order valence-electron chi connectivity index (χ3n) is 6.18. The number of amides is 1. The maximum absolute atomic E-state index is 13.2. The van der Waals surface area contributed by atoms with E-state index in [4.69, 9.17) is 0 Å². The van der Waals surface area contributed by atoms with E-state index in [9.17, 15) is 22.8 Å². The summed E-state index contributed by atoms with van der Waals surface area (Å²) >= 11 is 0. The summed E-state index contributed by atoms with van der Waals surface area (Å²) in [5.41, 5.74) is 0.869. The molecule has 1 aliphatic rings. The van der Waals surface area contributed by atoms with Crippen LogP contribution in [0.4, 0.5) is 18.9 Å². The number of halogens is 3. The second-order valence-electron chi connectivity index (χ2n) is 8.44. The van der Waals surface area contributed by atoms with Crippen LogP contribution in [0.5, 0.6) is 0 Å². The van der Waals surface area contributed by atoms with Crippen LogP contribution in [-0.2, 0) is 11.0 Å². The second-order valence-corrected chi connectivity index (χ2v) is 8.44. The van der Waals surface area contributed by atoms with Gasteiger partial charge in [0.25, 0.3) is 0 Å². The minimum atomic E-state index is -4.55. The van der Waals surface area contributed by atoms with Crippen LogP contribution in [0, 0.1) is 0 Å². The molecule has 35 heavy (non-hydrogen) atoms. The number of aromatic amines is 1. The average molecular weight is 485 g/mol. The molecule has 0 aliphatic carbocycles. The molecule has 3 heterocycles. The Morgan fingerprint density at radius 1 is 1.14 bits per heavy atom. The molecule has 1 aliphatic heterocycles. The zero-order valence-electron chi connectivity index (χ0n) is 18.5. The first-order valence-electron chi connectivity index (χ1n) is 11.1. The largest absolute Gasteiger partial charge is 0.416 e. The predicted octanol–water partition coefficient (Wildman–Crippen LogP) is 3.20. The molecule has 1 fully saturated rings. The molecule has 4 aromatic rings. The molecular weight excluding hydrogens is 463 g/mol. The number of hydrogen-bond acceptors (Lipinski definition) is 5. The average Bonchev–Trinajstić information content (AvgIpc) is 3.46. The Morgan fingerprint density at radius 3 is 2.63 bits per heavy atom. The number of fused-ring (bicyclic) bond motifs is 1. The van der Waals surface area contributed by atoms with Crippen molar-refractivity contribution in [1.82, 2.24) is 29.2 Å². The number of imidazole rings is 1. The molecule has 182 valence electrons. The van der Waals surface area contributed by atoms with Crippen LogP contribution in [0.15, 0.2) is 59.9 Å². The Labute approximate surface area is 197 Å². The Balaban J connectivity index is 1.27. The Bertz CT molecular complexity index is 1400. The first-order valence-corrected chi connectivity index (χ1v) is 11.1. The summed E-state index contributed by atoms with van der Waals surface area (Å²) in [6, 6.07) is 10.6. The lowest BCUT2D eigenvalue weighted by Crippen LogP contribution is -2.41. The van der Waals surface area contributed by atoms with Gasteiger partial charge in [0.15, 0.2) is 0 Å². The number of benzene rings is 2. The monoisotopic (exact) mass is 485 g/mol. The lowest BCUT2D eigenvalue weighted by molar-refractivity contribution is -0.137. The first-order chi connectivity index (χ1) is 16.8. The number of hydrogen-bond donors (Lipinski definition) is 2. The van der Waals surface area contributed by atoms with Crippen LogP contribution in [0.3, 0.4) is 0 Å². The van der Waals surface area contributed by atoms with Gasteiger partial charge in [0.2, 0.25) is 5.91 Å². The normalized spacial score (nSPS) is 15.5. The van der Waals surface area contributed by atoms with Gasteiger partial charge in [0.1, 0.15) is 12.7 Å². The minimum Gasteiger partial charge on any atom is -0.323 e. The highest BCUT2D eigenvalue weighted by atomic mass is 19.4. The van der Waals surface area contributed by atoms with Gasteiger partial charge in [0.05, 0.1) is 34.5 Å². The number of nitrogens with one attached hydrogen (secondary N) is 2. The minimum absolute atomic E-state index is 0.000321. The molecule has 1 amide bonds. The molecule has 0 spiro atoms. The summed E-state index contributed by atoms with van der Waals surface area (Å²) in [4.78, 5) is 33.8. The highest BCUT2D eigenvalue weighted by Gasteiger charge is 2.32. The van der Waals surface area contributed by atoms with Crippen molar-refractivity contribution < 1.29 is 18.0 Å². The zero-order chi connectivity index (χ0) is 24.6. The maximum atomic E-state index is 13.2. The van der Waals surface area contributed by atoms with Crippen LogP contribution >= 0.6 is 0 Å². The standard InChI is InChI=1S/C23H22F3N7O2/c24-23(25,26)15-5-6-19(32-14-27-13-28-32)18(11-15)29-21(34)12-31-9-7-16(8-10-31)33-20-4-2-1-3-17(20)30-22(33)35/h1-6,11,13-14,16H,7-10,12H2,(H,29,34)(H,30,35). The molecule has 2 aromatic carbocycles. The van der Waals surface area contributed by atoms with Gasteiger partial charge in [-0.25, -0.2) is 14.5 Å². The van der Waals surface area contributed by atoms with E-state index in [1.165, 1.54) is 23.4 Å². The van der Waals surface area contributed by atoms with E-state index in [0.717, 1.165) is 23.2 Å². The van der Waals surface area contributed by atoms with Gasteiger partial charge >= 0.3 is 11.9 Å². The van der Waals surface area contributed by atoms with Crippen molar-refractivity contribution >= 4 is 22.6 Å². The van der Waals surface area contributed by atoms with Gasteiger partial charge in [-0.05, 0) is 43.2 Å². The quantitative estimate of drug-likeness (QED) is 0.452. The summed E-state index contributed by atoms with van der Waals surface area (Å²) in [5, 5.41) is 6.56. The van der Waals surface area contributed by atoms with Crippen molar-refractivity contribution in [2.24, 2.45) is 0 Å².